The third-order valence-corrected chi connectivity index (χ3v) is 5.93. The van der Waals surface area contributed by atoms with Crippen LogP contribution in [0.25, 0.3) is 11.1 Å². The Bertz CT molecular complexity index is 1070. The third-order valence-electron chi connectivity index (χ3n) is 5.93. The van der Waals surface area contributed by atoms with E-state index in [1.807, 2.05) is 50.5 Å². The molecule has 7 nitrogen and oxygen atoms in total. The smallest absolute Gasteiger partial charge is 0.252 e. The van der Waals surface area contributed by atoms with Gasteiger partial charge in [0.25, 0.3) is 5.91 Å². The molecule has 1 saturated carbocycles. The van der Waals surface area contributed by atoms with Crippen LogP contribution in [0.2, 0.25) is 0 Å². The maximum absolute atomic E-state index is 13.4. The minimum Gasteiger partial charge on any atom is -0.377 e. The van der Waals surface area contributed by atoms with Gasteiger partial charge in [-0.25, -0.2) is 9.97 Å². The summed E-state index contributed by atoms with van der Waals surface area (Å²) in [5, 5.41) is 6.50. The van der Waals surface area contributed by atoms with E-state index in [4.69, 9.17) is 5.73 Å². The van der Waals surface area contributed by atoms with E-state index in [0.717, 1.165) is 48.2 Å². The van der Waals surface area contributed by atoms with E-state index in [2.05, 4.69) is 31.6 Å². The number of nitrogens with two attached hydrogens (primary N) is 1. The van der Waals surface area contributed by atoms with E-state index < -0.39 is 0 Å². The summed E-state index contributed by atoms with van der Waals surface area (Å²) >= 11 is 0. The van der Waals surface area contributed by atoms with Crippen LogP contribution in [-0.2, 0) is 0 Å². The van der Waals surface area contributed by atoms with Gasteiger partial charge < -0.3 is 21.3 Å². The minimum absolute atomic E-state index is 0.00363. The predicted molar refractivity (Wildman–Crippen MR) is 129 cm³/mol. The maximum Gasteiger partial charge on any atom is 0.252 e. The van der Waals surface area contributed by atoms with Crippen LogP contribution in [0, 0.1) is 0 Å². The topological polar surface area (TPSA) is 96.2 Å². The molecule has 32 heavy (non-hydrogen) atoms. The SMILES string of the molecule is CN(C)c1ccccc1-c1cc(Nc2ccncn2)ccc1C(=O)NC1CCCCC1N. The Morgan fingerprint density at radius 3 is 2.62 bits per heavy atom. The first kappa shape index (κ1) is 21.8. The van der Waals surface area contributed by atoms with Crippen LogP contribution in [0.5, 0.6) is 0 Å². The molecule has 0 saturated heterocycles. The summed E-state index contributed by atoms with van der Waals surface area (Å²) in [6, 6.07) is 15.7. The average molecular weight is 431 g/mol. The Hall–Kier alpha value is -3.45. The van der Waals surface area contributed by atoms with Crippen LogP contribution in [0.15, 0.2) is 61.1 Å². The van der Waals surface area contributed by atoms with Gasteiger partial charge in [-0.2, -0.15) is 0 Å². The molecule has 7 heteroatoms. The summed E-state index contributed by atoms with van der Waals surface area (Å²) < 4.78 is 0. The van der Waals surface area contributed by atoms with Crippen molar-refractivity contribution in [1.29, 1.82) is 0 Å². The number of para-hydroxylation sites is 1. The van der Waals surface area contributed by atoms with E-state index in [1.54, 1.807) is 12.3 Å². The third kappa shape index (κ3) is 4.89. The first-order valence-corrected chi connectivity index (χ1v) is 11.0. The molecule has 3 aromatic rings. The van der Waals surface area contributed by atoms with E-state index in [9.17, 15) is 4.79 Å². The van der Waals surface area contributed by atoms with E-state index in [0.29, 0.717) is 11.4 Å². The number of hydrogen-bond donors (Lipinski definition) is 3. The Kier molecular flexibility index (Phi) is 6.66. The number of amides is 1. The first-order valence-electron chi connectivity index (χ1n) is 11.0. The summed E-state index contributed by atoms with van der Waals surface area (Å²) in [5.74, 6) is 0.599. The lowest BCUT2D eigenvalue weighted by Crippen LogP contribution is -2.49. The molecule has 166 valence electrons. The zero-order valence-electron chi connectivity index (χ0n) is 18.6. The molecule has 2 unspecified atom stereocenters. The second-order valence-electron chi connectivity index (χ2n) is 8.42. The van der Waals surface area contributed by atoms with Gasteiger partial charge in [-0.05, 0) is 48.7 Å². The molecule has 0 aliphatic heterocycles. The fourth-order valence-electron chi connectivity index (χ4n) is 4.23. The summed E-state index contributed by atoms with van der Waals surface area (Å²) in [7, 11) is 4.01. The minimum atomic E-state index is -0.0931. The van der Waals surface area contributed by atoms with E-state index in [1.165, 1.54) is 6.33 Å². The van der Waals surface area contributed by atoms with Crippen LogP contribution < -0.4 is 21.3 Å². The zero-order valence-corrected chi connectivity index (χ0v) is 18.6. The number of rotatable bonds is 6. The fraction of sp³-hybridized carbons (Fsp3) is 0.320. The van der Waals surface area contributed by atoms with Gasteiger partial charge >= 0.3 is 0 Å². The molecule has 4 N–H and O–H groups in total. The fourth-order valence-corrected chi connectivity index (χ4v) is 4.23. The van der Waals surface area contributed by atoms with Crippen molar-refractivity contribution in [3.05, 3.63) is 66.6 Å². The van der Waals surface area contributed by atoms with Crippen LogP contribution in [-0.4, -0.2) is 42.1 Å². The van der Waals surface area contributed by atoms with Crippen LogP contribution >= 0.6 is 0 Å². The van der Waals surface area contributed by atoms with Gasteiger partial charge in [0.2, 0.25) is 0 Å². The summed E-state index contributed by atoms with van der Waals surface area (Å²) in [6.45, 7) is 0. The normalized spacial score (nSPS) is 18.1. The van der Waals surface area contributed by atoms with Gasteiger partial charge in [0.05, 0.1) is 0 Å². The van der Waals surface area contributed by atoms with Gasteiger partial charge in [0.15, 0.2) is 0 Å². The quantitative estimate of drug-likeness (QED) is 0.548. The van der Waals surface area contributed by atoms with Crippen LogP contribution in [0.4, 0.5) is 17.2 Å². The zero-order chi connectivity index (χ0) is 22.5. The molecule has 1 aromatic heterocycles. The highest BCUT2D eigenvalue weighted by Crippen LogP contribution is 2.35. The monoisotopic (exact) mass is 430 g/mol. The number of carbonyl (C=O) groups is 1. The molecule has 1 fully saturated rings. The number of carbonyl (C=O) groups excluding carboxylic acids is 1. The lowest BCUT2D eigenvalue weighted by molar-refractivity contribution is 0.0922. The van der Waals surface area contributed by atoms with Crippen LogP contribution in [0.1, 0.15) is 36.0 Å². The predicted octanol–water partition coefficient (Wildman–Crippen LogP) is 3.95. The van der Waals surface area contributed by atoms with Crippen LogP contribution in [0.3, 0.4) is 0 Å². The first-order chi connectivity index (χ1) is 15.5. The molecule has 1 heterocycles. The maximum atomic E-state index is 13.4. The highest BCUT2D eigenvalue weighted by atomic mass is 16.1. The van der Waals surface area contributed by atoms with Crippen molar-refractivity contribution in [2.45, 2.75) is 37.8 Å². The summed E-state index contributed by atoms with van der Waals surface area (Å²) in [6.07, 6.45) is 7.27. The van der Waals surface area contributed by atoms with Gasteiger partial charge in [0.1, 0.15) is 12.1 Å². The molecule has 0 radical (unpaired) electrons. The summed E-state index contributed by atoms with van der Waals surface area (Å²) in [4.78, 5) is 23.6. The second-order valence-corrected chi connectivity index (χ2v) is 8.42. The number of aromatic nitrogens is 2. The summed E-state index contributed by atoms with van der Waals surface area (Å²) in [5.41, 5.74) is 10.6. The van der Waals surface area contributed by atoms with Gasteiger partial charge in [-0.3, -0.25) is 4.79 Å². The van der Waals surface area contributed by atoms with E-state index >= 15 is 0 Å². The lowest BCUT2D eigenvalue weighted by atomic mass is 9.90. The van der Waals surface area contributed by atoms with Crippen molar-refractivity contribution in [3.8, 4) is 11.1 Å². The highest BCUT2D eigenvalue weighted by Gasteiger charge is 2.25. The molecule has 1 aliphatic carbocycles. The van der Waals surface area contributed by atoms with Gasteiger partial charge in [-0.15, -0.1) is 0 Å². The molecular formula is C25H30N6O. The highest BCUT2D eigenvalue weighted by molar-refractivity contribution is 6.03. The van der Waals surface area contributed by atoms with Gasteiger partial charge in [-0.1, -0.05) is 31.0 Å². The molecule has 1 aliphatic rings. The molecule has 1 amide bonds. The molecule has 0 spiro atoms. The molecule has 2 atom stereocenters. The van der Waals surface area contributed by atoms with E-state index in [-0.39, 0.29) is 18.0 Å². The number of anilines is 3. The van der Waals surface area contributed by atoms with Crippen molar-refractivity contribution in [2.75, 3.05) is 24.3 Å². The Morgan fingerprint density at radius 2 is 1.88 bits per heavy atom. The number of nitrogens with zero attached hydrogens (tertiary/aromatic N) is 3. The molecular weight excluding hydrogens is 400 g/mol. The Labute approximate surface area is 189 Å². The number of benzene rings is 2. The molecule has 4 rings (SSSR count). The number of nitrogens with one attached hydrogen (secondary N) is 2. The lowest BCUT2D eigenvalue weighted by Gasteiger charge is -2.29. The number of hydrogen-bond acceptors (Lipinski definition) is 6. The van der Waals surface area contributed by atoms with Crippen molar-refractivity contribution in [2.24, 2.45) is 5.73 Å². The average Bonchev–Trinajstić information content (AvgIpc) is 2.81. The molecule has 2 aromatic carbocycles. The van der Waals surface area contributed by atoms with Crippen molar-refractivity contribution < 1.29 is 4.79 Å². The second kappa shape index (κ2) is 9.78. The van der Waals surface area contributed by atoms with Crippen molar-refractivity contribution in [1.82, 2.24) is 15.3 Å². The molecule has 0 bridgehead atoms. The largest absolute Gasteiger partial charge is 0.377 e. The standard InChI is InChI=1S/C25H30N6O/c1-31(2)23-10-6-3-7-18(23)20-15-17(29-24-13-14-27-16-28-24)11-12-19(20)25(32)30-22-9-5-4-8-21(22)26/h3,6-7,10-16,21-22H,4-5,8-9,26H2,1-2H3,(H,30,32)(H,27,28,29). The Balaban J connectivity index is 1.73. The van der Waals surface area contributed by atoms with Gasteiger partial charge in [0, 0.05) is 54.9 Å². The Morgan fingerprint density at radius 1 is 1.06 bits per heavy atom. The van der Waals surface area contributed by atoms with Crippen molar-refractivity contribution >= 4 is 23.1 Å². The van der Waals surface area contributed by atoms with Crippen molar-refractivity contribution in [3.63, 3.8) is 0 Å².